The summed E-state index contributed by atoms with van der Waals surface area (Å²) < 4.78 is 37.5. The summed E-state index contributed by atoms with van der Waals surface area (Å²) in [5.74, 6) is 0.482. The molecule has 0 unspecified atom stereocenters. The van der Waals surface area contributed by atoms with Crippen LogP contribution in [0, 0.1) is 0 Å². The summed E-state index contributed by atoms with van der Waals surface area (Å²) >= 11 is 7.07. The lowest BCUT2D eigenvalue weighted by Crippen LogP contribution is -2.05. The molecule has 2 aromatic rings. The number of nitrogens with two attached hydrogens (primary N) is 1. The molecule has 1 aromatic carbocycles. The normalized spacial score (nSPS) is 11.6. The van der Waals surface area contributed by atoms with Gasteiger partial charge in [0.15, 0.2) is 0 Å². The highest BCUT2D eigenvalue weighted by Gasteiger charge is 2.30. The second-order valence-corrected chi connectivity index (χ2v) is 5.40. The first-order chi connectivity index (χ1) is 9.36. The first-order valence-electron chi connectivity index (χ1n) is 5.57. The molecule has 1 aromatic heterocycles. The number of hydrogen-bond donors (Lipinski definition) is 1. The van der Waals surface area contributed by atoms with Crippen molar-refractivity contribution < 1.29 is 13.2 Å². The number of hydrogen-bond acceptors (Lipinski definition) is 3. The molecule has 0 amide bonds. The number of aromatic nitrogens is 1. The van der Waals surface area contributed by atoms with Crippen LogP contribution in [-0.4, -0.2) is 4.98 Å². The van der Waals surface area contributed by atoms with E-state index in [2.05, 4.69) is 4.98 Å². The summed E-state index contributed by atoms with van der Waals surface area (Å²) in [4.78, 5) is 4.68. The molecule has 0 atom stereocenters. The van der Waals surface area contributed by atoms with Crippen LogP contribution in [0.3, 0.4) is 0 Å². The molecule has 20 heavy (non-hydrogen) atoms. The molecule has 2 nitrogen and oxygen atoms in total. The van der Waals surface area contributed by atoms with E-state index in [1.54, 1.807) is 18.2 Å². The third-order valence-corrected chi connectivity index (χ3v) is 3.82. The van der Waals surface area contributed by atoms with Crippen molar-refractivity contribution in [3.63, 3.8) is 0 Å². The van der Waals surface area contributed by atoms with Gasteiger partial charge in [0.1, 0.15) is 5.15 Å². The third-order valence-electron chi connectivity index (χ3n) is 2.49. The standard InChI is InChI=1S/C13H10ClF3N2S/c14-12-3-1-2-9(19-12)7-20-11-5-4-8(6-10(11)18)13(15,16)17/h1-6H,7,18H2. The van der Waals surface area contributed by atoms with Gasteiger partial charge >= 0.3 is 6.18 Å². The Labute approximate surface area is 123 Å². The molecule has 7 heteroatoms. The summed E-state index contributed by atoms with van der Waals surface area (Å²) in [5.41, 5.74) is 5.74. The SMILES string of the molecule is Nc1cc(C(F)(F)F)ccc1SCc1cccc(Cl)n1. The van der Waals surface area contributed by atoms with Crippen molar-refractivity contribution in [3.8, 4) is 0 Å². The zero-order valence-electron chi connectivity index (χ0n) is 10.1. The van der Waals surface area contributed by atoms with Gasteiger partial charge in [-0.05, 0) is 30.3 Å². The summed E-state index contributed by atoms with van der Waals surface area (Å²) in [5, 5.41) is 0.378. The fourth-order valence-electron chi connectivity index (χ4n) is 1.54. The van der Waals surface area contributed by atoms with Gasteiger partial charge in [-0.25, -0.2) is 4.98 Å². The van der Waals surface area contributed by atoms with Crippen molar-refractivity contribution in [2.24, 2.45) is 0 Å². The molecular weight excluding hydrogens is 309 g/mol. The Morgan fingerprint density at radius 2 is 1.95 bits per heavy atom. The molecule has 1 heterocycles. The van der Waals surface area contributed by atoms with Crippen molar-refractivity contribution in [1.82, 2.24) is 4.98 Å². The number of rotatable bonds is 3. The van der Waals surface area contributed by atoms with E-state index in [1.165, 1.54) is 17.8 Å². The van der Waals surface area contributed by atoms with Gasteiger partial charge in [0.25, 0.3) is 0 Å². The summed E-state index contributed by atoms with van der Waals surface area (Å²) in [7, 11) is 0. The number of nitrogens with zero attached hydrogens (tertiary/aromatic N) is 1. The molecule has 0 bridgehead atoms. The molecule has 0 aliphatic heterocycles. The van der Waals surface area contributed by atoms with E-state index in [-0.39, 0.29) is 5.69 Å². The number of thioether (sulfide) groups is 1. The third kappa shape index (κ3) is 3.80. The molecule has 106 valence electrons. The Balaban J connectivity index is 2.11. The molecule has 0 radical (unpaired) electrons. The minimum atomic E-state index is -4.38. The molecular formula is C13H10ClF3N2S. The van der Waals surface area contributed by atoms with Gasteiger partial charge in [0.2, 0.25) is 0 Å². The highest BCUT2D eigenvalue weighted by Crippen LogP contribution is 2.35. The lowest BCUT2D eigenvalue weighted by atomic mass is 10.2. The maximum absolute atomic E-state index is 12.5. The zero-order chi connectivity index (χ0) is 14.8. The lowest BCUT2D eigenvalue weighted by molar-refractivity contribution is -0.137. The Morgan fingerprint density at radius 1 is 1.20 bits per heavy atom. The van der Waals surface area contributed by atoms with Crippen LogP contribution in [0.15, 0.2) is 41.3 Å². The number of anilines is 1. The Kier molecular flexibility index (Phi) is 4.45. The number of alkyl halides is 3. The van der Waals surface area contributed by atoms with Crippen molar-refractivity contribution in [3.05, 3.63) is 52.8 Å². The van der Waals surface area contributed by atoms with E-state index in [1.807, 2.05) is 0 Å². The molecule has 0 aliphatic carbocycles. The summed E-state index contributed by atoms with van der Waals surface area (Å²) in [6, 6.07) is 8.54. The summed E-state index contributed by atoms with van der Waals surface area (Å²) in [6.07, 6.45) is -4.38. The van der Waals surface area contributed by atoms with Crippen molar-refractivity contribution in [2.75, 3.05) is 5.73 Å². The van der Waals surface area contributed by atoms with Gasteiger partial charge in [-0.15, -0.1) is 11.8 Å². The molecule has 0 spiro atoms. The topological polar surface area (TPSA) is 38.9 Å². The minimum absolute atomic E-state index is 0.104. The first-order valence-corrected chi connectivity index (χ1v) is 6.93. The van der Waals surface area contributed by atoms with Crippen LogP contribution in [0.25, 0.3) is 0 Å². The highest BCUT2D eigenvalue weighted by molar-refractivity contribution is 7.98. The molecule has 0 saturated carbocycles. The van der Waals surface area contributed by atoms with Gasteiger partial charge in [-0.1, -0.05) is 17.7 Å². The molecule has 0 aliphatic rings. The monoisotopic (exact) mass is 318 g/mol. The van der Waals surface area contributed by atoms with E-state index >= 15 is 0 Å². The average molecular weight is 319 g/mol. The van der Waals surface area contributed by atoms with Crippen LogP contribution in [0.2, 0.25) is 5.15 Å². The van der Waals surface area contributed by atoms with Crippen LogP contribution in [-0.2, 0) is 11.9 Å². The van der Waals surface area contributed by atoms with Gasteiger partial charge in [-0.2, -0.15) is 13.2 Å². The Hall–Kier alpha value is -1.40. The van der Waals surface area contributed by atoms with E-state index in [0.29, 0.717) is 15.8 Å². The molecule has 2 N–H and O–H groups in total. The fraction of sp³-hybridized carbons (Fsp3) is 0.154. The smallest absolute Gasteiger partial charge is 0.398 e. The second-order valence-electron chi connectivity index (χ2n) is 3.99. The minimum Gasteiger partial charge on any atom is -0.398 e. The second kappa shape index (κ2) is 5.93. The predicted octanol–water partition coefficient (Wildman–Crippen LogP) is 4.63. The predicted molar refractivity (Wildman–Crippen MR) is 74.7 cm³/mol. The average Bonchev–Trinajstić information content (AvgIpc) is 2.36. The number of pyridine rings is 1. The Bertz CT molecular complexity index is 617. The van der Waals surface area contributed by atoms with Gasteiger partial charge < -0.3 is 5.73 Å². The molecule has 2 rings (SSSR count). The van der Waals surface area contributed by atoms with Crippen LogP contribution in [0.5, 0.6) is 0 Å². The van der Waals surface area contributed by atoms with Crippen molar-refractivity contribution in [1.29, 1.82) is 0 Å². The lowest BCUT2D eigenvalue weighted by Gasteiger charge is -2.10. The number of benzene rings is 1. The van der Waals surface area contributed by atoms with E-state index in [9.17, 15) is 13.2 Å². The quantitative estimate of drug-likeness (QED) is 0.509. The summed E-state index contributed by atoms with van der Waals surface area (Å²) in [6.45, 7) is 0. The van der Waals surface area contributed by atoms with Gasteiger partial charge in [0, 0.05) is 16.3 Å². The zero-order valence-corrected chi connectivity index (χ0v) is 11.7. The van der Waals surface area contributed by atoms with Gasteiger partial charge in [-0.3, -0.25) is 0 Å². The number of halogens is 4. The number of nitrogen functional groups attached to an aromatic ring is 1. The van der Waals surface area contributed by atoms with E-state index in [0.717, 1.165) is 17.8 Å². The van der Waals surface area contributed by atoms with Crippen LogP contribution < -0.4 is 5.73 Å². The van der Waals surface area contributed by atoms with E-state index < -0.39 is 11.7 Å². The van der Waals surface area contributed by atoms with Crippen molar-refractivity contribution in [2.45, 2.75) is 16.8 Å². The maximum Gasteiger partial charge on any atom is 0.416 e. The van der Waals surface area contributed by atoms with Gasteiger partial charge in [0.05, 0.1) is 11.3 Å². The van der Waals surface area contributed by atoms with Crippen LogP contribution >= 0.6 is 23.4 Å². The molecule has 0 saturated heterocycles. The van der Waals surface area contributed by atoms with Crippen LogP contribution in [0.1, 0.15) is 11.3 Å². The van der Waals surface area contributed by atoms with Crippen LogP contribution in [0.4, 0.5) is 18.9 Å². The maximum atomic E-state index is 12.5. The van der Waals surface area contributed by atoms with E-state index in [4.69, 9.17) is 17.3 Å². The van der Waals surface area contributed by atoms with Crippen molar-refractivity contribution >= 4 is 29.1 Å². The Morgan fingerprint density at radius 3 is 2.55 bits per heavy atom. The highest BCUT2D eigenvalue weighted by atomic mass is 35.5. The largest absolute Gasteiger partial charge is 0.416 e. The fourth-order valence-corrected chi connectivity index (χ4v) is 2.57. The molecule has 0 fully saturated rings. The first kappa shape index (κ1) is 15.0.